The highest BCUT2D eigenvalue weighted by molar-refractivity contribution is 9.10. The van der Waals surface area contributed by atoms with E-state index in [0.717, 1.165) is 0 Å². The summed E-state index contributed by atoms with van der Waals surface area (Å²) in [5, 5.41) is 10.3. The van der Waals surface area contributed by atoms with E-state index >= 15 is 0 Å². The Morgan fingerprint density at radius 1 is 1.17 bits per heavy atom. The fourth-order valence-corrected chi connectivity index (χ4v) is 2.00. The summed E-state index contributed by atoms with van der Waals surface area (Å²) < 4.78 is 16.3. The SMILES string of the molecule is COc1ccc(OC)c(C(O)c2ccc(Br)o2)c1. The first-order valence-electron chi connectivity index (χ1n) is 5.31. The lowest BCUT2D eigenvalue weighted by Gasteiger charge is -2.14. The molecule has 96 valence electrons. The van der Waals surface area contributed by atoms with E-state index < -0.39 is 6.10 Å². The molecule has 0 saturated heterocycles. The molecule has 2 aromatic rings. The molecule has 1 heterocycles. The van der Waals surface area contributed by atoms with Gasteiger partial charge in [0.1, 0.15) is 23.4 Å². The molecule has 0 saturated carbocycles. The highest BCUT2D eigenvalue weighted by Gasteiger charge is 2.19. The second kappa shape index (κ2) is 5.46. The zero-order valence-corrected chi connectivity index (χ0v) is 11.6. The van der Waals surface area contributed by atoms with E-state index in [1.165, 1.54) is 0 Å². The smallest absolute Gasteiger partial charge is 0.169 e. The highest BCUT2D eigenvalue weighted by atomic mass is 79.9. The van der Waals surface area contributed by atoms with Crippen molar-refractivity contribution in [2.75, 3.05) is 14.2 Å². The van der Waals surface area contributed by atoms with E-state index in [1.54, 1.807) is 44.6 Å². The Kier molecular flexibility index (Phi) is 3.93. The number of methoxy groups -OCH3 is 2. The number of benzene rings is 1. The predicted octanol–water partition coefficient (Wildman–Crippen LogP) is 3.14. The third-order valence-electron chi connectivity index (χ3n) is 2.59. The molecule has 0 aliphatic rings. The van der Waals surface area contributed by atoms with Gasteiger partial charge in [-0.25, -0.2) is 0 Å². The molecule has 0 radical (unpaired) electrons. The van der Waals surface area contributed by atoms with E-state index in [-0.39, 0.29) is 0 Å². The van der Waals surface area contributed by atoms with Gasteiger partial charge in [0.2, 0.25) is 0 Å². The molecular weight excluding hydrogens is 300 g/mol. The van der Waals surface area contributed by atoms with E-state index in [0.29, 0.717) is 27.5 Å². The molecule has 1 N–H and O–H groups in total. The molecule has 0 amide bonds. The van der Waals surface area contributed by atoms with Crippen molar-refractivity contribution in [1.82, 2.24) is 0 Å². The molecular formula is C13H13BrO4. The Bertz CT molecular complexity index is 536. The van der Waals surface area contributed by atoms with Crippen LogP contribution in [-0.2, 0) is 0 Å². The number of furan rings is 1. The van der Waals surface area contributed by atoms with Gasteiger partial charge in [-0.3, -0.25) is 0 Å². The summed E-state index contributed by atoms with van der Waals surface area (Å²) in [7, 11) is 3.12. The zero-order chi connectivity index (χ0) is 13.1. The van der Waals surface area contributed by atoms with Crippen LogP contribution in [0.3, 0.4) is 0 Å². The second-order valence-electron chi connectivity index (χ2n) is 3.65. The summed E-state index contributed by atoms with van der Waals surface area (Å²) in [6, 6.07) is 8.67. The van der Waals surface area contributed by atoms with Gasteiger partial charge in [0, 0.05) is 5.56 Å². The lowest BCUT2D eigenvalue weighted by Crippen LogP contribution is -2.02. The van der Waals surface area contributed by atoms with Crippen LogP contribution in [-0.4, -0.2) is 19.3 Å². The minimum atomic E-state index is -0.902. The molecule has 1 unspecified atom stereocenters. The molecule has 0 spiro atoms. The van der Waals surface area contributed by atoms with E-state index in [1.807, 2.05) is 0 Å². The summed E-state index contributed by atoms with van der Waals surface area (Å²) in [4.78, 5) is 0. The minimum absolute atomic E-state index is 0.438. The molecule has 5 heteroatoms. The van der Waals surface area contributed by atoms with Gasteiger partial charge < -0.3 is 19.0 Å². The number of hydrogen-bond donors (Lipinski definition) is 1. The van der Waals surface area contributed by atoms with Gasteiger partial charge in [0.25, 0.3) is 0 Å². The van der Waals surface area contributed by atoms with Crippen molar-refractivity contribution in [3.63, 3.8) is 0 Å². The molecule has 1 aromatic carbocycles. The maximum Gasteiger partial charge on any atom is 0.169 e. The average Bonchev–Trinajstić information content (AvgIpc) is 2.83. The number of rotatable bonds is 4. The molecule has 2 rings (SSSR count). The molecule has 1 atom stereocenters. The Morgan fingerprint density at radius 3 is 2.50 bits per heavy atom. The third-order valence-corrected chi connectivity index (χ3v) is 3.02. The van der Waals surface area contributed by atoms with Crippen LogP contribution in [0.1, 0.15) is 17.4 Å². The monoisotopic (exact) mass is 312 g/mol. The summed E-state index contributed by atoms with van der Waals surface area (Å²) >= 11 is 3.20. The normalized spacial score (nSPS) is 12.2. The van der Waals surface area contributed by atoms with Crippen LogP contribution >= 0.6 is 15.9 Å². The van der Waals surface area contributed by atoms with E-state index in [9.17, 15) is 5.11 Å². The van der Waals surface area contributed by atoms with Crippen LogP contribution in [0.15, 0.2) is 39.4 Å². The van der Waals surface area contributed by atoms with Gasteiger partial charge in [0.15, 0.2) is 4.67 Å². The van der Waals surface area contributed by atoms with Gasteiger partial charge in [-0.2, -0.15) is 0 Å². The molecule has 1 aromatic heterocycles. The first-order chi connectivity index (χ1) is 8.65. The lowest BCUT2D eigenvalue weighted by molar-refractivity contribution is 0.183. The maximum absolute atomic E-state index is 10.3. The van der Waals surface area contributed by atoms with Gasteiger partial charge >= 0.3 is 0 Å². The Hall–Kier alpha value is -1.46. The topological polar surface area (TPSA) is 51.8 Å². The number of hydrogen-bond acceptors (Lipinski definition) is 4. The van der Waals surface area contributed by atoms with Crippen LogP contribution in [0, 0.1) is 0 Å². The van der Waals surface area contributed by atoms with Crippen molar-refractivity contribution < 1.29 is 19.0 Å². The number of halogens is 1. The van der Waals surface area contributed by atoms with Gasteiger partial charge in [-0.15, -0.1) is 0 Å². The van der Waals surface area contributed by atoms with Crippen molar-refractivity contribution in [3.8, 4) is 11.5 Å². The average molecular weight is 313 g/mol. The number of aliphatic hydroxyl groups is 1. The van der Waals surface area contributed by atoms with Crippen molar-refractivity contribution in [2.45, 2.75) is 6.10 Å². The molecule has 0 aliphatic heterocycles. The Balaban J connectivity index is 2.41. The lowest BCUT2D eigenvalue weighted by atomic mass is 10.1. The van der Waals surface area contributed by atoms with Crippen LogP contribution in [0.5, 0.6) is 11.5 Å². The van der Waals surface area contributed by atoms with Crippen LogP contribution < -0.4 is 9.47 Å². The van der Waals surface area contributed by atoms with Crippen LogP contribution in [0.2, 0.25) is 0 Å². The largest absolute Gasteiger partial charge is 0.497 e. The Labute approximate surface area is 113 Å². The van der Waals surface area contributed by atoms with Gasteiger partial charge in [0.05, 0.1) is 14.2 Å². The zero-order valence-electron chi connectivity index (χ0n) is 10.0. The maximum atomic E-state index is 10.3. The summed E-state index contributed by atoms with van der Waals surface area (Å²) in [6.45, 7) is 0. The van der Waals surface area contributed by atoms with Gasteiger partial charge in [-0.1, -0.05) is 0 Å². The highest BCUT2D eigenvalue weighted by Crippen LogP contribution is 2.34. The molecule has 0 bridgehead atoms. The summed E-state index contributed by atoms with van der Waals surface area (Å²) in [5.41, 5.74) is 0.596. The van der Waals surface area contributed by atoms with Gasteiger partial charge in [-0.05, 0) is 46.3 Å². The van der Waals surface area contributed by atoms with Crippen molar-refractivity contribution in [2.24, 2.45) is 0 Å². The number of ether oxygens (including phenoxy) is 2. The van der Waals surface area contributed by atoms with Crippen molar-refractivity contribution >= 4 is 15.9 Å². The van der Waals surface area contributed by atoms with Crippen LogP contribution in [0.4, 0.5) is 0 Å². The van der Waals surface area contributed by atoms with E-state index in [2.05, 4.69) is 15.9 Å². The summed E-state index contributed by atoms with van der Waals surface area (Å²) in [5.74, 6) is 1.67. The number of aliphatic hydroxyl groups excluding tert-OH is 1. The Morgan fingerprint density at radius 2 is 1.94 bits per heavy atom. The molecule has 0 fully saturated rings. The second-order valence-corrected chi connectivity index (χ2v) is 4.43. The fraction of sp³-hybridized carbons (Fsp3) is 0.231. The quantitative estimate of drug-likeness (QED) is 0.942. The fourth-order valence-electron chi connectivity index (χ4n) is 1.68. The van der Waals surface area contributed by atoms with Crippen LogP contribution in [0.25, 0.3) is 0 Å². The predicted molar refractivity (Wildman–Crippen MR) is 70.0 cm³/mol. The third kappa shape index (κ3) is 2.52. The first-order valence-corrected chi connectivity index (χ1v) is 6.10. The van der Waals surface area contributed by atoms with Crippen molar-refractivity contribution in [3.05, 3.63) is 46.3 Å². The standard InChI is InChI=1S/C13H13BrO4/c1-16-8-3-4-10(17-2)9(7-8)13(15)11-5-6-12(14)18-11/h3-7,13,15H,1-2H3. The molecule has 4 nitrogen and oxygen atoms in total. The molecule has 18 heavy (non-hydrogen) atoms. The summed E-state index contributed by atoms with van der Waals surface area (Å²) in [6.07, 6.45) is -0.902. The first kappa shape index (κ1) is 13.0. The minimum Gasteiger partial charge on any atom is -0.497 e. The van der Waals surface area contributed by atoms with E-state index in [4.69, 9.17) is 13.9 Å². The molecule has 0 aliphatic carbocycles. The van der Waals surface area contributed by atoms with Crippen molar-refractivity contribution in [1.29, 1.82) is 0 Å².